The van der Waals surface area contributed by atoms with Gasteiger partial charge in [0.1, 0.15) is 17.5 Å². The second-order valence-electron chi connectivity index (χ2n) is 14.1. The van der Waals surface area contributed by atoms with E-state index in [0.717, 1.165) is 49.8 Å². The highest BCUT2D eigenvalue weighted by Crippen LogP contribution is 2.57. The number of benzene rings is 3. The van der Waals surface area contributed by atoms with Crippen LogP contribution in [0.5, 0.6) is 23.0 Å². The van der Waals surface area contributed by atoms with Gasteiger partial charge in [-0.05, 0) is 75.4 Å². The van der Waals surface area contributed by atoms with Crippen LogP contribution in [0.4, 0.5) is 0 Å². The summed E-state index contributed by atoms with van der Waals surface area (Å²) < 4.78 is 11.9. The van der Waals surface area contributed by atoms with E-state index in [9.17, 15) is 20.3 Å². The lowest BCUT2D eigenvalue weighted by Crippen LogP contribution is -2.68. The predicted molar refractivity (Wildman–Crippen MR) is 180 cm³/mol. The lowest BCUT2D eigenvalue weighted by atomic mass is 9.71. The molecule has 4 aliphatic heterocycles. The van der Waals surface area contributed by atoms with E-state index in [2.05, 4.69) is 38.3 Å². The smallest absolute Gasteiger partial charge is 0.231 e. The van der Waals surface area contributed by atoms with Gasteiger partial charge in [0, 0.05) is 63.9 Å². The van der Waals surface area contributed by atoms with Gasteiger partial charge in [-0.2, -0.15) is 5.26 Å². The van der Waals surface area contributed by atoms with E-state index in [1.54, 1.807) is 0 Å². The summed E-state index contributed by atoms with van der Waals surface area (Å²) in [6.45, 7) is 7.96. The molecule has 48 heavy (non-hydrogen) atoms. The average molecular weight is 648 g/mol. The third-order valence-electron chi connectivity index (χ3n) is 11.6. The summed E-state index contributed by atoms with van der Waals surface area (Å²) >= 11 is 0. The minimum atomic E-state index is -0.520. The Morgan fingerprint density at radius 3 is 2.65 bits per heavy atom. The van der Waals surface area contributed by atoms with Crippen LogP contribution in [0.25, 0.3) is 10.9 Å². The van der Waals surface area contributed by atoms with Gasteiger partial charge in [0.15, 0.2) is 11.5 Å². The molecule has 10 heteroatoms. The minimum absolute atomic E-state index is 0.0335. The van der Waals surface area contributed by atoms with Crippen molar-refractivity contribution in [1.82, 2.24) is 20.1 Å². The molecule has 4 aliphatic rings. The lowest BCUT2D eigenvalue weighted by molar-refractivity contribution is -0.125. The number of ether oxygens (including phenoxy) is 2. The van der Waals surface area contributed by atoms with Gasteiger partial charge >= 0.3 is 0 Å². The summed E-state index contributed by atoms with van der Waals surface area (Å²) in [5.74, 6) is 1.12. The Hall–Kier alpha value is -4.72. The molecule has 1 aromatic heterocycles. The van der Waals surface area contributed by atoms with Crippen molar-refractivity contribution in [3.05, 3.63) is 81.0 Å². The molecule has 1 saturated heterocycles. The van der Waals surface area contributed by atoms with E-state index in [1.165, 1.54) is 0 Å². The van der Waals surface area contributed by atoms with E-state index in [-0.39, 0.29) is 49.0 Å². The summed E-state index contributed by atoms with van der Waals surface area (Å²) in [6, 6.07) is 11.2. The maximum absolute atomic E-state index is 13.8. The first-order valence-electron chi connectivity index (χ1n) is 16.8. The van der Waals surface area contributed by atoms with Gasteiger partial charge in [0.05, 0.1) is 18.2 Å². The number of H-pyrrole nitrogens is 1. The van der Waals surface area contributed by atoms with Gasteiger partial charge < -0.3 is 30.0 Å². The molecule has 5 heterocycles. The van der Waals surface area contributed by atoms with E-state index >= 15 is 0 Å². The normalized spacial score (nSPS) is 24.8. The minimum Gasteiger partial charge on any atom is -0.507 e. The molecule has 0 aliphatic carbocycles. The zero-order chi connectivity index (χ0) is 33.6. The second-order valence-corrected chi connectivity index (χ2v) is 14.1. The number of amides is 1. The number of likely N-dealkylation sites (N-methyl/N-ethyl adjacent to an activating group) is 1. The molecule has 3 aromatic carbocycles. The number of carbonyl (C=O) groups excluding carboxylic acids is 1. The average Bonchev–Trinajstić information content (AvgIpc) is 3.73. The molecular weight excluding hydrogens is 606 g/mol. The van der Waals surface area contributed by atoms with Crippen molar-refractivity contribution < 1.29 is 24.5 Å². The Kier molecular flexibility index (Phi) is 7.13. The molecule has 6 atom stereocenters. The number of hydrogen-bond acceptors (Lipinski definition) is 8. The number of nitrogens with zero attached hydrogens (tertiary/aromatic N) is 3. The number of fused-ring (bicyclic) bond motifs is 10. The number of nitrogens with one attached hydrogen (secondary N) is 2. The first-order valence-corrected chi connectivity index (χ1v) is 16.8. The number of piperazine rings is 1. The maximum Gasteiger partial charge on any atom is 0.231 e. The molecule has 2 bridgehead atoms. The highest BCUT2D eigenvalue weighted by atomic mass is 16.7. The Morgan fingerprint density at radius 2 is 1.85 bits per heavy atom. The summed E-state index contributed by atoms with van der Waals surface area (Å²) in [5, 5.41) is 38.5. The molecule has 10 nitrogen and oxygen atoms in total. The number of aryl methyl sites for hydroxylation is 1. The zero-order valence-electron chi connectivity index (χ0n) is 27.9. The Balaban J connectivity index is 1.20. The maximum atomic E-state index is 13.8. The largest absolute Gasteiger partial charge is 0.507 e. The van der Waals surface area contributed by atoms with E-state index in [1.807, 2.05) is 59.1 Å². The number of hydrogen-bond donors (Lipinski definition) is 4. The summed E-state index contributed by atoms with van der Waals surface area (Å²) in [6.07, 6.45) is 3.59. The summed E-state index contributed by atoms with van der Waals surface area (Å²) in [4.78, 5) is 21.6. The Morgan fingerprint density at radius 1 is 1.08 bits per heavy atom. The van der Waals surface area contributed by atoms with Crippen molar-refractivity contribution in [3.63, 3.8) is 0 Å². The molecule has 1 amide bonds. The summed E-state index contributed by atoms with van der Waals surface area (Å²) in [5.41, 5.74) is 8.06. The van der Waals surface area contributed by atoms with Crippen LogP contribution in [0.3, 0.4) is 0 Å². The van der Waals surface area contributed by atoms with Crippen molar-refractivity contribution in [2.75, 3.05) is 20.4 Å². The molecule has 248 valence electrons. The SMILES string of the molecule is Cc1cc2c(c(O)c1C)[C@@H]1C3Cc4c(O)c(C)c5c(c4[C@H](CNC(=O)[C@@H](C)Cc4c[nH]c6ccccc46)N3[C@@H](C#N)[C@H](C2)N1C)OCO5. The van der Waals surface area contributed by atoms with Crippen molar-refractivity contribution in [3.8, 4) is 29.1 Å². The third-order valence-corrected chi connectivity index (χ3v) is 11.6. The zero-order valence-corrected chi connectivity index (χ0v) is 27.9. The molecule has 1 unspecified atom stereocenters. The lowest BCUT2D eigenvalue weighted by Gasteiger charge is -2.60. The number of aromatic hydroxyl groups is 2. The molecule has 0 radical (unpaired) electrons. The number of nitriles is 1. The molecule has 4 N–H and O–H groups in total. The molecular formula is C38H41N5O5. The standard InChI is InChI=1S/C38H41N5O5/c1-18-10-22-12-27-29(14-39)43-28(33(42(27)5)31(22)35(45)20(18)3)13-25-32(37-36(47-17-48-37)21(4)34(25)44)30(43)16-41-38(46)19(2)11-23-15-40-26-9-7-6-8-24(23)26/h6-10,15,19,27-30,33,40,44-45H,11-13,16-17H2,1-5H3,(H,41,46)/t19-,27-,28?,29-,30-,33-/m0/s1. The van der Waals surface area contributed by atoms with Crippen LogP contribution in [-0.4, -0.2) is 69.4 Å². The summed E-state index contributed by atoms with van der Waals surface area (Å²) in [7, 11) is 2.04. The van der Waals surface area contributed by atoms with Crippen LogP contribution >= 0.6 is 0 Å². The quantitative estimate of drug-likeness (QED) is 0.238. The van der Waals surface area contributed by atoms with Crippen LogP contribution in [0.2, 0.25) is 0 Å². The molecule has 0 saturated carbocycles. The number of carbonyl (C=O) groups is 1. The first kappa shape index (κ1) is 30.6. The fourth-order valence-corrected chi connectivity index (χ4v) is 9.00. The fourth-order valence-electron chi connectivity index (χ4n) is 9.00. The number of aromatic amines is 1. The van der Waals surface area contributed by atoms with E-state index in [4.69, 9.17) is 9.47 Å². The number of phenolic OH excluding ortho intramolecular Hbond substituents is 2. The van der Waals surface area contributed by atoms with Crippen LogP contribution in [0.1, 0.15) is 63.5 Å². The number of para-hydroxylation sites is 1. The van der Waals surface area contributed by atoms with Gasteiger partial charge in [0.2, 0.25) is 12.7 Å². The van der Waals surface area contributed by atoms with Gasteiger partial charge in [-0.3, -0.25) is 14.6 Å². The Labute approximate surface area is 279 Å². The van der Waals surface area contributed by atoms with Crippen molar-refractivity contribution in [2.24, 2.45) is 5.92 Å². The first-order chi connectivity index (χ1) is 23.1. The predicted octanol–water partition coefficient (Wildman–Crippen LogP) is 5.00. The van der Waals surface area contributed by atoms with Crippen molar-refractivity contribution in [1.29, 1.82) is 5.26 Å². The van der Waals surface area contributed by atoms with Crippen LogP contribution < -0.4 is 14.8 Å². The highest BCUT2D eigenvalue weighted by Gasteiger charge is 2.56. The van der Waals surface area contributed by atoms with E-state index in [0.29, 0.717) is 42.1 Å². The fraction of sp³-hybridized carbons (Fsp3) is 0.421. The Bertz CT molecular complexity index is 2030. The van der Waals surface area contributed by atoms with Crippen molar-refractivity contribution >= 4 is 16.8 Å². The number of phenols is 2. The van der Waals surface area contributed by atoms with Gasteiger partial charge in [-0.25, -0.2) is 0 Å². The number of rotatable bonds is 5. The van der Waals surface area contributed by atoms with Crippen LogP contribution in [0.15, 0.2) is 36.5 Å². The topological polar surface area (TPSA) is 134 Å². The highest BCUT2D eigenvalue weighted by molar-refractivity contribution is 5.85. The van der Waals surface area contributed by atoms with Crippen LogP contribution in [-0.2, 0) is 24.1 Å². The van der Waals surface area contributed by atoms with Gasteiger partial charge in [-0.1, -0.05) is 31.2 Å². The monoisotopic (exact) mass is 647 g/mol. The number of aromatic nitrogens is 1. The third kappa shape index (κ3) is 4.34. The molecule has 1 fully saturated rings. The van der Waals surface area contributed by atoms with Crippen LogP contribution in [0, 0.1) is 38.0 Å². The molecule has 8 rings (SSSR count). The molecule has 4 aromatic rings. The van der Waals surface area contributed by atoms with Crippen molar-refractivity contribution in [2.45, 2.75) is 77.2 Å². The van der Waals surface area contributed by atoms with E-state index < -0.39 is 12.1 Å². The van der Waals surface area contributed by atoms with Gasteiger partial charge in [-0.15, -0.1) is 0 Å². The second kappa shape index (κ2) is 11.2. The molecule has 0 spiro atoms. The van der Waals surface area contributed by atoms with Gasteiger partial charge in [0.25, 0.3) is 0 Å².